The number of urea groups is 1. The number of benzene rings is 2. The van der Waals surface area contributed by atoms with Crippen molar-refractivity contribution in [2.75, 3.05) is 32.7 Å². The third kappa shape index (κ3) is 4.67. The summed E-state index contributed by atoms with van der Waals surface area (Å²) in [5.74, 6) is 0.597. The van der Waals surface area contributed by atoms with Crippen LogP contribution in [0.2, 0.25) is 5.02 Å². The lowest BCUT2D eigenvalue weighted by Gasteiger charge is -2.41. The van der Waals surface area contributed by atoms with Crippen molar-refractivity contribution in [2.45, 2.75) is 37.6 Å². The van der Waals surface area contributed by atoms with Crippen molar-refractivity contribution in [1.29, 1.82) is 0 Å². The number of aromatic nitrogens is 1. The van der Waals surface area contributed by atoms with Gasteiger partial charge in [-0.1, -0.05) is 53.2 Å². The molecule has 3 aliphatic rings. The number of likely N-dealkylation sites (tertiary alicyclic amines) is 1. The number of carbonyl (C=O) groups excluding carboxylic acids is 1. The van der Waals surface area contributed by atoms with E-state index in [0.717, 1.165) is 67.5 Å². The maximum Gasteiger partial charge on any atom is 0.324 e. The quantitative estimate of drug-likeness (QED) is 0.538. The summed E-state index contributed by atoms with van der Waals surface area (Å²) in [6.07, 6.45) is 9.61. The molecule has 0 spiro atoms. The molecule has 1 fully saturated rings. The van der Waals surface area contributed by atoms with Crippen LogP contribution in [-0.2, 0) is 6.42 Å². The summed E-state index contributed by atoms with van der Waals surface area (Å²) < 4.78 is 5.24. The van der Waals surface area contributed by atoms with E-state index in [-0.39, 0.29) is 12.1 Å². The second kappa shape index (κ2) is 10.1. The summed E-state index contributed by atoms with van der Waals surface area (Å²) in [5, 5.41) is 5.51. The maximum absolute atomic E-state index is 13.7. The highest BCUT2D eigenvalue weighted by Gasteiger charge is 2.33. The zero-order valence-electron chi connectivity index (χ0n) is 20.4. The average molecular weight is 503 g/mol. The van der Waals surface area contributed by atoms with Gasteiger partial charge in [-0.25, -0.2) is 4.79 Å². The van der Waals surface area contributed by atoms with Gasteiger partial charge in [-0.2, -0.15) is 0 Å². The molecule has 6 nitrogen and oxygen atoms in total. The minimum Gasteiger partial charge on any atom is -0.357 e. The molecule has 6 rings (SSSR count). The first-order valence-corrected chi connectivity index (χ1v) is 13.3. The fourth-order valence-corrected chi connectivity index (χ4v) is 6.06. The summed E-state index contributed by atoms with van der Waals surface area (Å²) in [5.41, 5.74) is 4.78. The van der Waals surface area contributed by atoms with Crippen molar-refractivity contribution in [3.63, 3.8) is 0 Å². The van der Waals surface area contributed by atoms with Gasteiger partial charge in [0.1, 0.15) is 0 Å². The van der Waals surface area contributed by atoms with Crippen LogP contribution in [0.3, 0.4) is 0 Å². The Kier molecular flexibility index (Phi) is 6.55. The third-order valence-electron chi connectivity index (χ3n) is 7.95. The smallest absolute Gasteiger partial charge is 0.324 e. The molecular weight excluding hydrogens is 472 g/mol. The fourth-order valence-electron chi connectivity index (χ4n) is 5.93. The number of halogens is 1. The van der Waals surface area contributed by atoms with Crippen LogP contribution in [0.4, 0.5) is 4.79 Å². The van der Waals surface area contributed by atoms with E-state index in [2.05, 4.69) is 51.4 Å². The summed E-state index contributed by atoms with van der Waals surface area (Å²) in [6, 6.07) is 17.1. The summed E-state index contributed by atoms with van der Waals surface area (Å²) in [6.45, 7) is 4.40. The van der Waals surface area contributed by atoms with Crippen LogP contribution in [0.1, 0.15) is 47.9 Å². The molecular formula is C29H31ClN4O2. The predicted molar refractivity (Wildman–Crippen MR) is 141 cm³/mol. The Balaban J connectivity index is 1.15. The van der Waals surface area contributed by atoms with Gasteiger partial charge in [-0.3, -0.25) is 4.90 Å². The Labute approximate surface area is 216 Å². The lowest BCUT2D eigenvalue weighted by atomic mass is 9.88. The van der Waals surface area contributed by atoms with Crippen LogP contribution in [0, 0.1) is 0 Å². The molecule has 186 valence electrons. The molecule has 1 atom stereocenters. The van der Waals surface area contributed by atoms with E-state index in [9.17, 15) is 4.79 Å². The first-order chi connectivity index (χ1) is 17.7. The Morgan fingerprint density at radius 1 is 1.06 bits per heavy atom. The lowest BCUT2D eigenvalue weighted by Crippen LogP contribution is -2.48. The fraction of sp³-hybridized carbons (Fsp3) is 0.379. The monoisotopic (exact) mass is 502 g/mol. The molecule has 0 radical (unpaired) electrons. The number of carbonyl (C=O) groups is 1. The first-order valence-electron chi connectivity index (χ1n) is 12.9. The molecule has 0 saturated carbocycles. The summed E-state index contributed by atoms with van der Waals surface area (Å²) in [4.78, 5) is 20.1. The molecule has 1 saturated heterocycles. The lowest BCUT2D eigenvalue weighted by molar-refractivity contribution is 0.132. The Morgan fingerprint density at radius 2 is 1.86 bits per heavy atom. The molecule has 1 aromatic heterocycles. The van der Waals surface area contributed by atoms with Gasteiger partial charge in [0.15, 0.2) is 5.42 Å². The number of hydrogen-bond acceptors (Lipinski definition) is 4. The van der Waals surface area contributed by atoms with Gasteiger partial charge in [0, 0.05) is 30.9 Å². The maximum atomic E-state index is 13.7. The molecule has 0 bridgehead atoms. The molecule has 1 unspecified atom stereocenters. The van der Waals surface area contributed by atoms with Crippen LogP contribution >= 0.6 is 11.6 Å². The second-order valence-electron chi connectivity index (χ2n) is 10.0. The summed E-state index contributed by atoms with van der Waals surface area (Å²) in [7, 11) is 0. The van der Waals surface area contributed by atoms with Crippen molar-refractivity contribution in [3.05, 3.63) is 87.1 Å². The Bertz CT molecular complexity index is 1340. The summed E-state index contributed by atoms with van der Waals surface area (Å²) >= 11 is 6.08. The molecule has 3 aliphatic heterocycles. The van der Waals surface area contributed by atoms with E-state index in [0.29, 0.717) is 12.5 Å². The van der Waals surface area contributed by atoms with E-state index in [1.165, 1.54) is 16.7 Å². The van der Waals surface area contributed by atoms with Crippen LogP contribution in [0.25, 0.3) is 12.3 Å². The van der Waals surface area contributed by atoms with E-state index >= 15 is 0 Å². The molecule has 2 aromatic carbocycles. The highest BCUT2D eigenvalue weighted by Crippen LogP contribution is 2.34. The van der Waals surface area contributed by atoms with Crippen molar-refractivity contribution >= 4 is 29.9 Å². The van der Waals surface area contributed by atoms with E-state index in [1.54, 1.807) is 11.1 Å². The van der Waals surface area contributed by atoms with E-state index in [1.807, 2.05) is 24.4 Å². The topological polar surface area (TPSA) is 52.8 Å². The molecule has 3 aromatic rings. The van der Waals surface area contributed by atoms with Gasteiger partial charge >= 0.3 is 6.03 Å². The van der Waals surface area contributed by atoms with Crippen molar-refractivity contribution in [1.82, 2.24) is 19.9 Å². The normalized spacial score (nSPS) is 20.3. The van der Waals surface area contributed by atoms with E-state index < -0.39 is 0 Å². The molecule has 2 amide bonds. The predicted octanol–water partition coefficient (Wildman–Crippen LogP) is 4.15. The van der Waals surface area contributed by atoms with Crippen LogP contribution in [0.5, 0.6) is 0 Å². The molecule has 36 heavy (non-hydrogen) atoms. The number of rotatable bonds is 4. The second-order valence-corrected chi connectivity index (χ2v) is 10.5. The zero-order valence-corrected chi connectivity index (χ0v) is 21.1. The molecule has 4 heterocycles. The number of piperidine rings is 1. The van der Waals surface area contributed by atoms with E-state index in [4.69, 9.17) is 16.1 Å². The number of fused-ring (bicyclic) bond motifs is 2. The Morgan fingerprint density at radius 3 is 2.69 bits per heavy atom. The van der Waals surface area contributed by atoms with Gasteiger partial charge in [-0.05, 0) is 79.6 Å². The highest BCUT2D eigenvalue weighted by molar-refractivity contribution is 6.30. The molecule has 0 aliphatic carbocycles. The van der Waals surface area contributed by atoms with Gasteiger partial charge in [0.2, 0.25) is 0 Å². The van der Waals surface area contributed by atoms with Gasteiger partial charge in [0.05, 0.1) is 17.5 Å². The third-order valence-corrected chi connectivity index (χ3v) is 8.20. The highest BCUT2D eigenvalue weighted by atomic mass is 35.5. The van der Waals surface area contributed by atoms with Crippen LogP contribution < -0.4 is 10.6 Å². The minimum atomic E-state index is 0.0547. The van der Waals surface area contributed by atoms with Crippen molar-refractivity contribution in [3.8, 4) is 0 Å². The number of hydrogen-bond donors (Lipinski definition) is 0. The SMILES string of the molecule is O=C(N1C=c2cnoc2=CC1)N1CCc2ccccc2C1CCN1CCC(c2ccc(Cl)cc2)CC1. The first kappa shape index (κ1) is 23.3. The van der Waals surface area contributed by atoms with Gasteiger partial charge in [0.25, 0.3) is 0 Å². The Hall–Kier alpha value is -3.09. The van der Waals surface area contributed by atoms with Gasteiger partial charge < -0.3 is 14.3 Å². The van der Waals surface area contributed by atoms with Crippen molar-refractivity contribution < 1.29 is 9.32 Å². The minimum absolute atomic E-state index is 0.0547. The van der Waals surface area contributed by atoms with Crippen LogP contribution in [0.15, 0.2) is 59.3 Å². The van der Waals surface area contributed by atoms with Crippen LogP contribution in [-0.4, -0.2) is 58.6 Å². The largest absolute Gasteiger partial charge is 0.357 e. The van der Waals surface area contributed by atoms with Gasteiger partial charge in [-0.15, -0.1) is 0 Å². The number of amides is 2. The molecule has 7 heteroatoms. The standard InChI is InChI=1S/C29H31ClN4O2/c30-25-7-5-21(6-8-25)22-9-14-32(15-10-22)16-12-27-26-4-2-1-3-23(26)11-18-34(27)29(35)33-17-13-28-24(20-33)19-31-36-28/h1-8,13,19-20,22,27H,9-12,14-18H2. The number of nitrogens with zero attached hydrogens (tertiary/aromatic N) is 4. The molecule has 0 N–H and O–H groups in total. The average Bonchev–Trinajstić information content (AvgIpc) is 3.40. The van der Waals surface area contributed by atoms with Crippen molar-refractivity contribution in [2.24, 2.45) is 0 Å². The zero-order chi connectivity index (χ0) is 24.5.